The molecule has 0 radical (unpaired) electrons. The van der Waals surface area contributed by atoms with Gasteiger partial charge >= 0.3 is 6.09 Å². The number of hydrogen-bond donors (Lipinski definition) is 4. The number of phenolic OH excluding ortho intramolecular Hbond substituents is 1. The highest BCUT2D eigenvalue weighted by atomic mass is 32.2. The van der Waals surface area contributed by atoms with Crippen LogP contribution in [0.15, 0.2) is 23.1 Å². The van der Waals surface area contributed by atoms with E-state index in [9.17, 15) is 18.3 Å². The molecular formula is C14H23N3O5S. The van der Waals surface area contributed by atoms with Crippen molar-refractivity contribution in [3.05, 3.63) is 18.2 Å². The van der Waals surface area contributed by atoms with E-state index in [0.717, 1.165) is 0 Å². The number of phenols is 1. The average molecular weight is 345 g/mol. The summed E-state index contributed by atoms with van der Waals surface area (Å²) >= 11 is 0. The maximum absolute atomic E-state index is 12.0. The number of alkyl carbamates (subject to hydrolysis) is 1. The molecule has 1 amide bonds. The number of rotatable bonds is 6. The van der Waals surface area contributed by atoms with Crippen LogP contribution in [0.3, 0.4) is 0 Å². The van der Waals surface area contributed by atoms with Crippen LogP contribution in [0.25, 0.3) is 0 Å². The topological polar surface area (TPSA) is 131 Å². The Kier molecular flexibility index (Phi) is 6.22. The lowest BCUT2D eigenvalue weighted by Crippen LogP contribution is -2.34. The van der Waals surface area contributed by atoms with Crippen LogP contribution in [0.1, 0.15) is 27.2 Å². The van der Waals surface area contributed by atoms with Crippen LogP contribution < -0.4 is 15.8 Å². The highest BCUT2D eigenvalue weighted by molar-refractivity contribution is 7.89. The van der Waals surface area contributed by atoms with E-state index in [4.69, 9.17) is 10.5 Å². The minimum Gasteiger partial charge on any atom is -0.506 e. The van der Waals surface area contributed by atoms with Crippen LogP contribution in [-0.2, 0) is 14.8 Å². The lowest BCUT2D eigenvalue weighted by molar-refractivity contribution is 0.0527. The van der Waals surface area contributed by atoms with Gasteiger partial charge in [0.1, 0.15) is 11.4 Å². The lowest BCUT2D eigenvalue weighted by atomic mass is 10.2. The quantitative estimate of drug-likeness (QED) is 0.348. The number of hydrogen-bond acceptors (Lipinski definition) is 6. The Morgan fingerprint density at radius 3 is 2.52 bits per heavy atom. The van der Waals surface area contributed by atoms with E-state index in [1.807, 2.05) is 0 Å². The number of ether oxygens (including phenoxy) is 1. The molecule has 130 valence electrons. The van der Waals surface area contributed by atoms with Crippen LogP contribution in [-0.4, -0.2) is 38.3 Å². The van der Waals surface area contributed by atoms with Gasteiger partial charge in [-0.1, -0.05) is 0 Å². The van der Waals surface area contributed by atoms with E-state index in [2.05, 4.69) is 10.0 Å². The van der Waals surface area contributed by atoms with Crippen molar-refractivity contribution in [1.29, 1.82) is 0 Å². The molecule has 0 aliphatic rings. The number of anilines is 1. The third kappa shape index (κ3) is 6.74. The number of carbonyl (C=O) groups is 1. The molecule has 9 heteroatoms. The second-order valence-corrected chi connectivity index (χ2v) is 7.67. The average Bonchev–Trinajstić information content (AvgIpc) is 2.39. The molecule has 1 aromatic carbocycles. The minimum absolute atomic E-state index is 0.0144. The molecule has 1 rings (SSSR count). The summed E-state index contributed by atoms with van der Waals surface area (Å²) < 4.78 is 31.5. The molecule has 0 aliphatic carbocycles. The predicted octanol–water partition coefficient (Wildman–Crippen LogP) is 1.17. The SMILES string of the molecule is CC(C)(C)OC(=O)NCCCNS(=O)(=O)c1ccc(O)c(N)c1. The largest absolute Gasteiger partial charge is 0.506 e. The monoisotopic (exact) mass is 345 g/mol. The van der Waals surface area contributed by atoms with Crippen LogP contribution in [0.4, 0.5) is 10.5 Å². The van der Waals surface area contributed by atoms with Crippen LogP contribution in [0.2, 0.25) is 0 Å². The Bertz CT molecular complexity index is 653. The number of sulfonamides is 1. The number of nitrogens with one attached hydrogen (secondary N) is 2. The highest BCUT2D eigenvalue weighted by Crippen LogP contribution is 2.22. The first-order chi connectivity index (χ1) is 10.5. The van der Waals surface area contributed by atoms with Gasteiger partial charge in [0.15, 0.2) is 0 Å². The molecule has 0 saturated carbocycles. The van der Waals surface area contributed by atoms with Gasteiger partial charge in [-0.2, -0.15) is 0 Å². The molecule has 0 fully saturated rings. The summed E-state index contributed by atoms with van der Waals surface area (Å²) in [6.07, 6.45) is -0.155. The standard InChI is InChI=1S/C14H23N3O5S/c1-14(2,3)22-13(19)16-7-4-8-17-23(20,21)10-5-6-12(18)11(15)9-10/h5-6,9,17-18H,4,7-8,15H2,1-3H3,(H,16,19). The van der Waals surface area contributed by atoms with Gasteiger partial charge < -0.3 is 20.9 Å². The Hall–Kier alpha value is -2.00. The van der Waals surface area contributed by atoms with Crippen molar-refractivity contribution in [3.63, 3.8) is 0 Å². The first-order valence-corrected chi connectivity index (χ1v) is 8.54. The Morgan fingerprint density at radius 2 is 1.96 bits per heavy atom. The maximum atomic E-state index is 12.0. The fourth-order valence-corrected chi connectivity index (χ4v) is 2.69. The highest BCUT2D eigenvalue weighted by Gasteiger charge is 2.16. The molecule has 0 saturated heterocycles. The van der Waals surface area contributed by atoms with Crippen LogP contribution in [0, 0.1) is 0 Å². The molecule has 23 heavy (non-hydrogen) atoms. The first-order valence-electron chi connectivity index (χ1n) is 7.06. The van der Waals surface area contributed by atoms with E-state index in [1.54, 1.807) is 20.8 Å². The minimum atomic E-state index is -3.71. The summed E-state index contributed by atoms with van der Waals surface area (Å²) in [5.74, 6) is -0.175. The molecule has 0 heterocycles. The molecule has 1 aromatic rings. The third-order valence-electron chi connectivity index (χ3n) is 2.62. The van der Waals surface area contributed by atoms with Crippen molar-refractivity contribution in [2.24, 2.45) is 0 Å². The number of aromatic hydroxyl groups is 1. The fraction of sp³-hybridized carbons (Fsp3) is 0.500. The number of carbonyl (C=O) groups excluding carboxylic acids is 1. The van der Waals surface area contributed by atoms with Gasteiger partial charge in [0, 0.05) is 13.1 Å². The number of nitrogen functional groups attached to an aromatic ring is 1. The van der Waals surface area contributed by atoms with E-state index in [0.29, 0.717) is 6.42 Å². The van der Waals surface area contributed by atoms with Crippen molar-refractivity contribution in [2.45, 2.75) is 37.7 Å². The fourth-order valence-electron chi connectivity index (χ4n) is 1.58. The summed E-state index contributed by atoms with van der Waals surface area (Å²) in [6.45, 7) is 5.67. The maximum Gasteiger partial charge on any atom is 0.407 e. The third-order valence-corrected chi connectivity index (χ3v) is 4.08. The van der Waals surface area contributed by atoms with Gasteiger partial charge in [0.2, 0.25) is 10.0 Å². The second kappa shape index (κ2) is 7.51. The lowest BCUT2D eigenvalue weighted by Gasteiger charge is -2.19. The van der Waals surface area contributed by atoms with Gasteiger partial charge in [0.05, 0.1) is 10.6 Å². The molecule has 0 atom stereocenters. The molecule has 0 aromatic heterocycles. The molecule has 0 bridgehead atoms. The number of nitrogens with two attached hydrogens (primary N) is 1. The van der Waals surface area contributed by atoms with Gasteiger partial charge in [-0.15, -0.1) is 0 Å². The van der Waals surface area contributed by atoms with E-state index < -0.39 is 21.7 Å². The summed E-state index contributed by atoms with van der Waals surface area (Å²) in [5, 5.41) is 11.8. The zero-order chi connectivity index (χ0) is 17.7. The Balaban J connectivity index is 2.40. The van der Waals surface area contributed by atoms with E-state index >= 15 is 0 Å². The predicted molar refractivity (Wildman–Crippen MR) is 86.6 cm³/mol. The molecule has 5 N–H and O–H groups in total. The summed E-state index contributed by atoms with van der Waals surface area (Å²) in [6, 6.07) is 3.65. The van der Waals surface area contributed by atoms with Crippen molar-refractivity contribution >= 4 is 21.8 Å². The molecule has 8 nitrogen and oxygen atoms in total. The van der Waals surface area contributed by atoms with Crippen molar-refractivity contribution in [1.82, 2.24) is 10.0 Å². The van der Waals surface area contributed by atoms with Crippen molar-refractivity contribution in [3.8, 4) is 5.75 Å². The van der Waals surface area contributed by atoms with Crippen molar-refractivity contribution < 1.29 is 23.1 Å². The zero-order valence-electron chi connectivity index (χ0n) is 13.4. The molecule has 0 spiro atoms. The Labute approximate surface area is 136 Å². The molecule has 0 unspecified atom stereocenters. The summed E-state index contributed by atoms with van der Waals surface area (Å²) in [4.78, 5) is 11.4. The molecule has 0 aliphatic heterocycles. The van der Waals surface area contributed by atoms with Gasteiger partial charge in [0.25, 0.3) is 0 Å². The Morgan fingerprint density at radius 1 is 1.30 bits per heavy atom. The number of benzene rings is 1. The summed E-state index contributed by atoms with van der Waals surface area (Å²) in [7, 11) is -3.71. The second-order valence-electron chi connectivity index (χ2n) is 5.90. The van der Waals surface area contributed by atoms with E-state index in [-0.39, 0.29) is 29.4 Å². The van der Waals surface area contributed by atoms with Crippen molar-refractivity contribution in [2.75, 3.05) is 18.8 Å². The zero-order valence-corrected chi connectivity index (χ0v) is 14.2. The smallest absolute Gasteiger partial charge is 0.407 e. The van der Waals surface area contributed by atoms with Crippen LogP contribution in [0.5, 0.6) is 5.75 Å². The number of amides is 1. The van der Waals surface area contributed by atoms with Gasteiger partial charge in [-0.3, -0.25) is 0 Å². The van der Waals surface area contributed by atoms with Gasteiger partial charge in [-0.25, -0.2) is 17.9 Å². The van der Waals surface area contributed by atoms with E-state index in [1.165, 1.54) is 18.2 Å². The summed E-state index contributed by atoms with van der Waals surface area (Å²) in [5.41, 5.74) is 4.88. The molecular weight excluding hydrogens is 322 g/mol. The normalized spacial score (nSPS) is 12.0. The van der Waals surface area contributed by atoms with Crippen LogP contribution >= 0.6 is 0 Å². The van der Waals surface area contributed by atoms with Gasteiger partial charge in [-0.05, 0) is 45.4 Å². The first kappa shape index (κ1) is 19.0.